The van der Waals surface area contributed by atoms with E-state index in [0.717, 1.165) is 53.1 Å². The predicted octanol–water partition coefficient (Wildman–Crippen LogP) is 3.74. The van der Waals surface area contributed by atoms with Crippen LogP contribution in [0, 0.1) is 0 Å². The molecule has 158 valence electrons. The van der Waals surface area contributed by atoms with E-state index in [-0.39, 0.29) is 18.5 Å². The third-order valence-corrected chi connectivity index (χ3v) is 6.98. The van der Waals surface area contributed by atoms with Crippen LogP contribution in [0.4, 0.5) is 11.4 Å². The van der Waals surface area contributed by atoms with Crippen LogP contribution in [-0.4, -0.2) is 49.4 Å². The summed E-state index contributed by atoms with van der Waals surface area (Å²) in [6.07, 6.45) is 2.30. The number of nitrogens with zero attached hydrogens (tertiary/aromatic N) is 4. The van der Waals surface area contributed by atoms with E-state index in [4.69, 9.17) is 14.3 Å². The summed E-state index contributed by atoms with van der Waals surface area (Å²) in [4.78, 5) is 19.1. The fourth-order valence-corrected chi connectivity index (χ4v) is 5.32. The van der Waals surface area contributed by atoms with Crippen molar-refractivity contribution < 1.29 is 13.9 Å². The van der Waals surface area contributed by atoms with E-state index in [0.29, 0.717) is 13.0 Å². The molecular weight excluding hydrogens is 412 g/mol. The Balaban J connectivity index is 1.29. The summed E-state index contributed by atoms with van der Waals surface area (Å²) >= 11 is 1.64. The highest BCUT2D eigenvalue weighted by atomic mass is 32.1. The van der Waals surface area contributed by atoms with E-state index in [1.807, 2.05) is 41.8 Å². The maximum atomic E-state index is 13.5. The molecule has 8 heteroatoms. The monoisotopic (exact) mass is 434 g/mol. The van der Waals surface area contributed by atoms with Gasteiger partial charge in [-0.3, -0.25) is 4.79 Å². The van der Waals surface area contributed by atoms with Gasteiger partial charge in [-0.15, -0.1) is 11.3 Å². The van der Waals surface area contributed by atoms with Crippen molar-refractivity contribution in [2.24, 2.45) is 5.10 Å². The van der Waals surface area contributed by atoms with Gasteiger partial charge >= 0.3 is 0 Å². The van der Waals surface area contributed by atoms with Crippen molar-refractivity contribution in [1.29, 1.82) is 0 Å². The van der Waals surface area contributed by atoms with Gasteiger partial charge in [0, 0.05) is 19.5 Å². The third kappa shape index (κ3) is 3.18. The van der Waals surface area contributed by atoms with Gasteiger partial charge in [0.1, 0.15) is 29.8 Å². The van der Waals surface area contributed by atoms with Crippen molar-refractivity contribution in [2.45, 2.75) is 12.5 Å². The summed E-state index contributed by atoms with van der Waals surface area (Å²) in [5.74, 6) is 1.63. The van der Waals surface area contributed by atoms with Gasteiger partial charge in [0.2, 0.25) is 0 Å². The van der Waals surface area contributed by atoms with Crippen LogP contribution in [0.15, 0.2) is 63.6 Å². The molecule has 0 radical (unpaired) electrons. The third-order valence-electron chi connectivity index (χ3n) is 6.06. The smallest absolute Gasteiger partial charge is 0.262 e. The lowest BCUT2D eigenvalue weighted by atomic mass is 10.1. The minimum atomic E-state index is -0.214. The van der Waals surface area contributed by atoms with Gasteiger partial charge in [0.05, 0.1) is 35.6 Å². The number of ether oxygens (including phenoxy) is 1. The Bertz CT molecular complexity index is 1130. The Labute approximate surface area is 184 Å². The van der Waals surface area contributed by atoms with Gasteiger partial charge in [0.15, 0.2) is 0 Å². The van der Waals surface area contributed by atoms with E-state index < -0.39 is 0 Å². The number of para-hydroxylation sites is 1. The highest BCUT2D eigenvalue weighted by Gasteiger charge is 2.37. The van der Waals surface area contributed by atoms with Gasteiger partial charge in [-0.25, -0.2) is 5.01 Å². The lowest BCUT2D eigenvalue weighted by Gasteiger charge is -2.41. The maximum absolute atomic E-state index is 13.5. The van der Waals surface area contributed by atoms with E-state index in [2.05, 4.69) is 15.9 Å². The molecule has 0 fully saturated rings. The Morgan fingerprint density at radius 1 is 1.13 bits per heavy atom. The molecule has 7 nitrogen and oxygen atoms in total. The van der Waals surface area contributed by atoms with Crippen molar-refractivity contribution in [3.8, 4) is 5.75 Å². The first kappa shape index (κ1) is 18.5. The predicted molar refractivity (Wildman–Crippen MR) is 120 cm³/mol. The number of anilines is 2. The molecule has 3 aromatic rings. The SMILES string of the molecule is O=C(CN1CCN2CCOc3cccc1c32)N1N=C(c2cccs2)C[C@H]1c1ccco1. The van der Waals surface area contributed by atoms with Crippen LogP contribution in [0.25, 0.3) is 0 Å². The van der Waals surface area contributed by atoms with Crippen LogP contribution in [0.2, 0.25) is 0 Å². The number of hydrazone groups is 1. The van der Waals surface area contributed by atoms with E-state index in [9.17, 15) is 4.79 Å². The normalized spacial score (nSPS) is 19.8. The second kappa shape index (κ2) is 7.46. The summed E-state index contributed by atoms with van der Waals surface area (Å²) in [6.45, 7) is 3.53. The average molecular weight is 435 g/mol. The Hall–Kier alpha value is -3.26. The van der Waals surface area contributed by atoms with Crippen LogP contribution in [0.3, 0.4) is 0 Å². The quantitative estimate of drug-likeness (QED) is 0.626. The largest absolute Gasteiger partial charge is 0.489 e. The topological polar surface area (TPSA) is 61.5 Å². The summed E-state index contributed by atoms with van der Waals surface area (Å²) in [7, 11) is 0. The van der Waals surface area contributed by atoms with Crippen LogP contribution in [-0.2, 0) is 4.79 Å². The molecule has 5 heterocycles. The molecule has 3 aliphatic heterocycles. The highest BCUT2D eigenvalue weighted by Crippen LogP contribution is 2.43. The highest BCUT2D eigenvalue weighted by molar-refractivity contribution is 7.12. The van der Waals surface area contributed by atoms with E-state index in [1.54, 1.807) is 22.6 Å². The van der Waals surface area contributed by atoms with Crippen molar-refractivity contribution in [3.63, 3.8) is 0 Å². The molecule has 3 aliphatic rings. The van der Waals surface area contributed by atoms with Crippen LogP contribution < -0.4 is 14.5 Å². The molecule has 31 heavy (non-hydrogen) atoms. The summed E-state index contributed by atoms with van der Waals surface area (Å²) in [5.41, 5.74) is 3.08. The number of rotatable bonds is 4. The van der Waals surface area contributed by atoms with Crippen molar-refractivity contribution in [2.75, 3.05) is 42.6 Å². The van der Waals surface area contributed by atoms with Gasteiger partial charge in [-0.1, -0.05) is 12.1 Å². The van der Waals surface area contributed by atoms with Gasteiger partial charge in [-0.05, 0) is 35.7 Å². The van der Waals surface area contributed by atoms with Crippen molar-refractivity contribution >= 4 is 34.3 Å². The second-order valence-electron chi connectivity index (χ2n) is 7.88. The molecule has 1 amide bonds. The molecule has 0 spiro atoms. The fraction of sp³-hybridized carbons (Fsp3) is 0.304. The number of hydrogen-bond donors (Lipinski definition) is 0. The van der Waals surface area contributed by atoms with Gasteiger partial charge in [-0.2, -0.15) is 5.10 Å². The van der Waals surface area contributed by atoms with Crippen molar-refractivity contribution in [3.05, 3.63) is 64.7 Å². The molecule has 6 rings (SSSR count). The molecule has 2 aromatic heterocycles. The fourth-order valence-electron chi connectivity index (χ4n) is 4.60. The molecule has 0 aliphatic carbocycles. The zero-order valence-electron chi connectivity index (χ0n) is 16.9. The van der Waals surface area contributed by atoms with Crippen LogP contribution >= 0.6 is 11.3 Å². The zero-order valence-corrected chi connectivity index (χ0v) is 17.8. The number of carbonyl (C=O) groups excluding carboxylic acids is 1. The lowest BCUT2D eigenvalue weighted by molar-refractivity contribution is -0.131. The summed E-state index contributed by atoms with van der Waals surface area (Å²) in [6, 6.07) is 13.7. The molecule has 0 saturated carbocycles. The Kier molecular flexibility index (Phi) is 4.45. The van der Waals surface area contributed by atoms with Crippen LogP contribution in [0.5, 0.6) is 5.75 Å². The number of thiophene rings is 1. The molecule has 1 aromatic carbocycles. The van der Waals surface area contributed by atoms with Gasteiger partial charge < -0.3 is 19.0 Å². The van der Waals surface area contributed by atoms with E-state index >= 15 is 0 Å². The second-order valence-corrected chi connectivity index (χ2v) is 8.83. The number of furan rings is 1. The molecular formula is C23H22N4O3S. The lowest BCUT2D eigenvalue weighted by Crippen LogP contribution is -2.48. The summed E-state index contributed by atoms with van der Waals surface area (Å²) in [5, 5.41) is 8.39. The summed E-state index contributed by atoms with van der Waals surface area (Å²) < 4.78 is 11.5. The van der Waals surface area contributed by atoms with E-state index in [1.165, 1.54) is 0 Å². The maximum Gasteiger partial charge on any atom is 0.262 e. The molecule has 0 N–H and O–H groups in total. The Morgan fingerprint density at radius 3 is 2.94 bits per heavy atom. The Morgan fingerprint density at radius 2 is 2.10 bits per heavy atom. The number of carbonyl (C=O) groups is 1. The number of benzene rings is 1. The van der Waals surface area contributed by atoms with Gasteiger partial charge in [0.25, 0.3) is 5.91 Å². The average Bonchev–Trinajstić information content (AvgIpc) is 3.56. The molecule has 0 unspecified atom stereocenters. The molecule has 0 saturated heterocycles. The minimum Gasteiger partial charge on any atom is -0.489 e. The first-order valence-corrected chi connectivity index (χ1v) is 11.4. The first-order valence-electron chi connectivity index (χ1n) is 10.5. The molecule has 0 bridgehead atoms. The number of hydrogen-bond acceptors (Lipinski definition) is 7. The number of amides is 1. The minimum absolute atomic E-state index is 0.0317. The zero-order chi connectivity index (χ0) is 20.8. The molecule has 1 atom stereocenters. The van der Waals surface area contributed by atoms with Crippen molar-refractivity contribution in [1.82, 2.24) is 5.01 Å². The standard InChI is InChI=1S/C23H22N4O3S/c28-22(15-26-9-8-25-10-12-30-20-5-1-4-17(26)23(20)25)27-18(19-6-2-11-29-19)14-16(24-27)21-7-3-13-31-21/h1-7,11,13,18H,8-10,12,14-15H2/t18-/m0/s1. The van der Waals surface area contributed by atoms with Crippen LogP contribution in [0.1, 0.15) is 23.1 Å². The first-order chi connectivity index (χ1) is 15.3.